The fraction of sp³-hybridized carbons (Fsp3) is 0.538. The summed E-state index contributed by atoms with van der Waals surface area (Å²) in [4.78, 5) is 2.13. The molecule has 0 aromatic heterocycles. The van der Waals surface area contributed by atoms with E-state index in [1.54, 1.807) is 36.4 Å². The Hall–Kier alpha value is -1.49. The lowest BCUT2D eigenvalue weighted by molar-refractivity contribution is 0.0668. The molecule has 3 N–H and O–H groups in total. The highest BCUT2D eigenvalue weighted by atomic mass is 79.9. The van der Waals surface area contributed by atoms with Crippen LogP contribution in [0.2, 0.25) is 0 Å². The zero-order valence-electron chi connectivity index (χ0n) is 20.9. The SMILES string of the molecule is CC1(O)CCN(CCOc2ccccc2F)C1.CC1(O)CCNC1.Cl.Fc1ccccc1OCCBr. The molecule has 0 aliphatic carbocycles. The monoisotopic (exact) mass is 594 g/mol. The Balaban J connectivity index is 0.000000293. The fourth-order valence-electron chi connectivity index (χ4n) is 3.59. The van der Waals surface area contributed by atoms with Gasteiger partial charge in [-0.25, -0.2) is 8.78 Å². The first-order valence-electron chi connectivity index (χ1n) is 11.8. The van der Waals surface area contributed by atoms with Gasteiger partial charge in [-0.15, -0.1) is 12.4 Å². The van der Waals surface area contributed by atoms with Crippen LogP contribution in [0, 0.1) is 11.6 Å². The summed E-state index contributed by atoms with van der Waals surface area (Å²) < 4.78 is 36.4. The van der Waals surface area contributed by atoms with Crippen LogP contribution in [0.15, 0.2) is 48.5 Å². The summed E-state index contributed by atoms with van der Waals surface area (Å²) in [7, 11) is 0. The minimum atomic E-state index is -0.585. The van der Waals surface area contributed by atoms with E-state index in [4.69, 9.17) is 14.6 Å². The van der Waals surface area contributed by atoms with Crippen molar-refractivity contribution in [1.82, 2.24) is 10.2 Å². The van der Waals surface area contributed by atoms with E-state index in [2.05, 4.69) is 26.1 Å². The molecule has 6 nitrogen and oxygen atoms in total. The average molecular weight is 596 g/mol. The Morgan fingerprint density at radius 1 is 0.917 bits per heavy atom. The van der Waals surface area contributed by atoms with Crippen LogP contribution in [-0.4, -0.2) is 77.6 Å². The molecule has 0 radical (unpaired) electrons. The van der Waals surface area contributed by atoms with E-state index in [0.29, 0.717) is 43.1 Å². The van der Waals surface area contributed by atoms with Gasteiger partial charge < -0.3 is 25.0 Å². The molecule has 2 aromatic carbocycles. The maximum absolute atomic E-state index is 13.2. The quantitative estimate of drug-likeness (QED) is 0.412. The average Bonchev–Trinajstić information content (AvgIpc) is 3.38. The van der Waals surface area contributed by atoms with E-state index in [0.717, 1.165) is 32.5 Å². The fourth-order valence-corrected chi connectivity index (χ4v) is 3.75. The predicted molar refractivity (Wildman–Crippen MR) is 145 cm³/mol. The molecule has 2 heterocycles. The topological polar surface area (TPSA) is 74.2 Å². The van der Waals surface area contributed by atoms with E-state index >= 15 is 0 Å². The lowest BCUT2D eigenvalue weighted by atomic mass is 10.1. The van der Waals surface area contributed by atoms with Crippen LogP contribution < -0.4 is 14.8 Å². The Morgan fingerprint density at radius 3 is 1.86 bits per heavy atom. The molecule has 204 valence electrons. The van der Waals surface area contributed by atoms with Crippen LogP contribution in [0.3, 0.4) is 0 Å². The molecule has 0 spiro atoms. The second-order valence-corrected chi connectivity index (χ2v) is 9.99. The smallest absolute Gasteiger partial charge is 0.165 e. The van der Waals surface area contributed by atoms with Crippen molar-refractivity contribution in [2.24, 2.45) is 0 Å². The number of nitrogens with zero attached hydrogens (tertiary/aromatic N) is 1. The van der Waals surface area contributed by atoms with Gasteiger partial charge >= 0.3 is 0 Å². The Bertz CT molecular complexity index is 885. The normalized spacial score (nSPS) is 23.0. The van der Waals surface area contributed by atoms with E-state index < -0.39 is 11.2 Å². The predicted octanol–water partition coefficient (Wildman–Crippen LogP) is 4.41. The van der Waals surface area contributed by atoms with E-state index in [1.165, 1.54) is 12.1 Å². The molecule has 0 bridgehead atoms. The zero-order valence-corrected chi connectivity index (χ0v) is 23.3. The number of rotatable bonds is 7. The molecule has 2 aromatic rings. The first-order chi connectivity index (χ1) is 16.6. The van der Waals surface area contributed by atoms with Crippen molar-refractivity contribution in [3.05, 3.63) is 60.2 Å². The molecule has 36 heavy (non-hydrogen) atoms. The van der Waals surface area contributed by atoms with Crippen molar-refractivity contribution >= 4 is 28.3 Å². The van der Waals surface area contributed by atoms with Gasteiger partial charge in [-0.1, -0.05) is 40.2 Å². The minimum absolute atomic E-state index is 0. The van der Waals surface area contributed by atoms with Gasteiger partial charge in [0.1, 0.15) is 6.61 Å². The number of hydrogen-bond donors (Lipinski definition) is 3. The summed E-state index contributed by atoms with van der Waals surface area (Å²) in [5.41, 5.74) is -1.00. The largest absolute Gasteiger partial charge is 0.490 e. The van der Waals surface area contributed by atoms with E-state index in [-0.39, 0.29) is 24.0 Å². The first kappa shape index (κ1) is 32.5. The van der Waals surface area contributed by atoms with Crippen molar-refractivity contribution in [1.29, 1.82) is 0 Å². The summed E-state index contributed by atoms with van der Waals surface area (Å²) in [5, 5.41) is 22.7. The highest BCUT2D eigenvalue weighted by Gasteiger charge is 2.30. The lowest BCUT2D eigenvalue weighted by Gasteiger charge is -2.18. The van der Waals surface area contributed by atoms with Crippen molar-refractivity contribution in [2.45, 2.75) is 37.9 Å². The van der Waals surface area contributed by atoms with Gasteiger partial charge in [0.05, 0.1) is 17.8 Å². The zero-order chi connectivity index (χ0) is 25.7. The van der Waals surface area contributed by atoms with Crippen LogP contribution in [0.5, 0.6) is 11.5 Å². The highest BCUT2D eigenvalue weighted by molar-refractivity contribution is 9.09. The molecule has 2 saturated heterocycles. The van der Waals surface area contributed by atoms with Gasteiger partial charge in [-0.3, -0.25) is 4.90 Å². The molecule has 2 atom stereocenters. The second-order valence-electron chi connectivity index (χ2n) is 9.19. The number of ether oxygens (including phenoxy) is 2. The van der Waals surface area contributed by atoms with Gasteiger partial charge in [-0.2, -0.15) is 0 Å². The number of nitrogens with one attached hydrogen (secondary N) is 1. The maximum Gasteiger partial charge on any atom is 0.165 e. The highest BCUT2D eigenvalue weighted by Crippen LogP contribution is 2.20. The maximum atomic E-state index is 13.2. The Labute approximate surface area is 227 Å². The van der Waals surface area contributed by atoms with Gasteiger partial charge in [0.25, 0.3) is 0 Å². The number of β-amino-alcohol motifs (C(OH)–C–C–N with tert-alkyl or cyclic N) is 2. The molecule has 0 amide bonds. The summed E-state index contributed by atoms with van der Waals surface area (Å²) in [6.45, 7) is 8.58. The van der Waals surface area contributed by atoms with Crippen molar-refractivity contribution in [2.75, 3.05) is 51.3 Å². The minimum Gasteiger partial charge on any atom is -0.490 e. The van der Waals surface area contributed by atoms with E-state index in [1.807, 2.05) is 13.8 Å². The van der Waals surface area contributed by atoms with Crippen LogP contribution in [0.1, 0.15) is 26.7 Å². The standard InChI is InChI=1S/C13H18FNO2.C8H8BrFO.C5H11NO.ClH/c1-13(16)6-7-15(10-13)8-9-17-12-5-3-2-4-11(12)14;9-5-6-11-8-4-2-1-3-7(8)10;1-5(7)2-3-6-4-5;/h2-5,16H,6-10H2,1H3;1-4H,5-6H2;6-7H,2-4H2,1H3;1H. The molecule has 2 fully saturated rings. The number of aliphatic hydroxyl groups is 2. The summed E-state index contributed by atoms with van der Waals surface area (Å²) in [5.74, 6) is -0.0419. The number of benzene rings is 2. The first-order valence-corrected chi connectivity index (χ1v) is 12.9. The van der Waals surface area contributed by atoms with Crippen LogP contribution in [0.4, 0.5) is 8.78 Å². The number of alkyl halides is 1. The summed E-state index contributed by atoms with van der Waals surface area (Å²) in [6.07, 6.45) is 1.68. The molecular weight excluding hydrogens is 558 g/mol. The molecule has 0 saturated carbocycles. The van der Waals surface area contributed by atoms with Gasteiger partial charge in [-0.05, 0) is 57.5 Å². The Kier molecular flexibility index (Phi) is 14.8. The van der Waals surface area contributed by atoms with Gasteiger partial charge in [0, 0.05) is 31.5 Å². The third-order valence-corrected chi connectivity index (χ3v) is 5.87. The molecule has 2 aliphatic heterocycles. The number of hydrogen-bond acceptors (Lipinski definition) is 6. The lowest BCUT2D eigenvalue weighted by Crippen LogP contribution is -2.32. The molecule has 2 aliphatic rings. The Morgan fingerprint density at radius 2 is 1.47 bits per heavy atom. The third-order valence-electron chi connectivity index (χ3n) is 5.55. The molecule has 4 rings (SSSR count). The number of halogens is 4. The molecule has 2 unspecified atom stereocenters. The van der Waals surface area contributed by atoms with Crippen LogP contribution in [-0.2, 0) is 0 Å². The molecular formula is C26H38BrClF2N2O4. The summed E-state index contributed by atoms with van der Waals surface area (Å²) >= 11 is 3.18. The van der Waals surface area contributed by atoms with Crippen LogP contribution in [0.25, 0.3) is 0 Å². The van der Waals surface area contributed by atoms with Gasteiger partial charge in [0.2, 0.25) is 0 Å². The van der Waals surface area contributed by atoms with Crippen molar-refractivity contribution < 1.29 is 28.5 Å². The van der Waals surface area contributed by atoms with E-state index in [9.17, 15) is 13.9 Å². The van der Waals surface area contributed by atoms with Crippen LogP contribution >= 0.6 is 28.3 Å². The van der Waals surface area contributed by atoms with Crippen molar-refractivity contribution in [3.8, 4) is 11.5 Å². The summed E-state index contributed by atoms with van der Waals surface area (Å²) in [6, 6.07) is 12.8. The molecule has 10 heteroatoms. The number of para-hydroxylation sites is 2. The third kappa shape index (κ3) is 12.7. The number of likely N-dealkylation sites (tertiary alicyclic amines) is 1. The van der Waals surface area contributed by atoms with Gasteiger partial charge in [0.15, 0.2) is 23.1 Å². The van der Waals surface area contributed by atoms with Crippen molar-refractivity contribution in [3.63, 3.8) is 0 Å². The second kappa shape index (κ2) is 16.4.